The van der Waals surface area contributed by atoms with E-state index in [1.807, 2.05) is 25.1 Å². The van der Waals surface area contributed by atoms with Crippen molar-refractivity contribution < 1.29 is 19.0 Å². The summed E-state index contributed by atoms with van der Waals surface area (Å²) in [5.74, 6) is -0.439. The van der Waals surface area contributed by atoms with Crippen LogP contribution in [0.4, 0.5) is 4.39 Å². The van der Waals surface area contributed by atoms with Gasteiger partial charge in [0.05, 0.1) is 5.71 Å². The van der Waals surface area contributed by atoms with E-state index >= 15 is 0 Å². The number of hydrazone groups is 1. The predicted octanol–water partition coefficient (Wildman–Crippen LogP) is 3.15. The molecule has 5 nitrogen and oxygen atoms in total. The fourth-order valence-electron chi connectivity index (χ4n) is 2.09. The summed E-state index contributed by atoms with van der Waals surface area (Å²) in [6.45, 7) is 3.52. The minimum atomic E-state index is -0.488. The highest BCUT2D eigenvalue weighted by atomic mass is 19.1. The molecule has 0 spiro atoms. The van der Waals surface area contributed by atoms with E-state index in [9.17, 15) is 14.3 Å². The number of hydrogen-bond acceptors (Lipinski definition) is 4. The molecule has 0 bridgehead atoms. The molecule has 6 heteroatoms. The quantitative estimate of drug-likeness (QED) is 0.631. The second kappa shape index (κ2) is 8.10. The first-order valence-electron chi connectivity index (χ1n) is 7.53. The number of aromatic hydroxyl groups is 1. The number of halogens is 1. The maximum Gasteiger partial charge on any atom is 0.277 e. The van der Waals surface area contributed by atoms with Crippen LogP contribution in [0.15, 0.2) is 47.6 Å². The largest absolute Gasteiger partial charge is 0.507 e. The highest BCUT2D eigenvalue weighted by molar-refractivity contribution is 6.03. The number of amides is 1. The summed E-state index contributed by atoms with van der Waals surface area (Å²) in [6.07, 6.45) is 0.413. The van der Waals surface area contributed by atoms with Crippen LogP contribution in [0.2, 0.25) is 0 Å². The lowest BCUT2D eigenvalue weighted by atomic mass is 10.1. The predicted molar refractivity (Wildman–Crippen MR) is 89.7 cm³/mol. The molecule has 0 saturated carbocycles. The first-order valence-corrected chi connectivity index (χ1v) is 7.53. The molecule has 24 heavy (non-hydrogen) atoms. The summed E-state index contributed by atoms with van der Waals surface area (Å²) in [7, 11) is 0. The molecule has 0 atom stereocenters. The Kier molecular flexibility index (Phi) is 5.89. The van der Waals surface area contributed by atoms with Gasteiger partial charge in [-0.3, -0.25) is 4.79 Å². The number of ether oxygens (including phenoxy) is 1. The van der Waals surface area contributed by atoms with Gasteiger partial charge in [-0.1, -0.05) is 19.1 Å². The summed E-state index contributed by atoms with van der Waals surface area (Å²) >= 11 is 0. The van der Waals surface area contributed by atoms with Gasteiger partial charge in [0.25, 0.3) is 5.91 Å². The summed E-state index contributed by atoms with van der Waals surface area (Å²) in [4.78, 5) is 11.8. The molecule has 0 aliphatic carbocycles. The lowest BCUT2D eigenvalue weighted by molar-refractivity contribution is -0.123. The van der Waals surface area contributed by atoms with E-state index < -0.39 is 11.7 Å². The molecule has 0 heterocycles. The van der Waals surface area contributed by atoms with E-state index in [-0.39, 0.29) is 17.9 Å². The maximum atomic E-state index is 13.3. The average molecular weight is 330 g/mol. The van der Waals surface area contributed by atoms with E-state index in [4.69, 9.17) is 4.74 Å². The van der Waals surface area contributed by atoms with Gasteiger partial charge in [0.2, 0.25) is 0 Å². The second-order valence-electron chi connectivity index (χ2n) is 5.21. The van der Waals surface area contributed by atoms with Crippen LogP contribution in [0, 0.1) is 12.7 Å². The van der Waals surface area contributed by atoms with Crippen molar-refractivity contribution in [1.29, 1.82) is 0 Å². The molecule has 0 aliphatic rings. The number of benzene rings is 2. The van der Waals surface area contributed by atoms with Gasteiger partial charge < -0.3 is 9.84 Å². The molecule has 0 radical (unpaired) electrons. The third-order valence-electron chi connectivity index (χ3n) is 3.28. The van der Waals surface area contributed by atoms with Gasteiger partial charge in [-0.2, -0.15) is 5.10 Å². The Balaban J connectivity index is 1.99. The number of phenols is 1. The number of rotatable bonds is 6. The molecule has 0 saturated heterocycles. The van der Waals surface area contributed by atoms with Gasteiger partial charge in [0.15, 0.2) is 6.61 Å². The molecule has 2 N–H and O–H groups in total. The molecule has 2 aromatic rings. The molecular formula is C18H19FN2O3. The Labute approximate surface area is 139 Å². The molecule has 0 aromatic heterocycles. The number of phenolic OH excluding ortho intramolecular Hbond substituents is 1. The Morgan fingerprint density at radius 2 is 2.08 bits per heavy atom. The third-order valence-corrected chi connectivity index (χ3v) is 3.28. The fraction of sp³-hybridized carbons (Fsp3) is 0.222. The summed E-state index contributed by atoms with van der Waals surface area (Å²) in [6, 6.07) is 10.9. The van der Waals surface area contributed by atoms with Crippen LogP contribution >= 0.6 is 0 Å². The monoisotopic (exact) mass is 330 g/mol. The first kappa shape index (κ1) is 17.5. The summed E-state index contributed by atoms with van der Waals surface area (Å²) < 4.78 is 18.7. The molecule has 0 aliphatic heterocycles. The van der Waals surface area contributed by atoms with E-state index in [0.717, 1.165) is 11.6 Å². The van der Waals surface area contributed by atoms with Crippen molar-refractivity contribution in [2.24, 2.45) is 5.10 Å². The van der Waals surface area contributed by atoms with Gasteiger partial charge in [0, 0.05) is 5.56 Å². The zero-order valence-corrected chi connectivity index (χ0v) is 13.5. The topological polar surface area (TPSA) is 70.9 Å². The van der Waals surface area contributed by atoms with E-state index in [2.05, 4.69) is 10.5 Å². The summed E-state index contributed by atoms with van der Waals surface area (Å²) in [5.41, 5.74) is 4.00. The number of aryl methyl sites for hydroxylation is 1. The highest BCUT2D eigenvalue weighted by Crippen LogP contribution is 2.20. The molecule has 1 amide bonds. The van der Waals surface area contributed by atoms with Crippen molar-refractivity contribution >= 4 is 11.6 Å². The van der Waals surface area contributed by atoms with Crippen molar-refractivity contribution in [3.8, 4) is 11.5 Å². The molecule has 126 valence electrons. The maximum absolute atomic E-state index is 13.3. The number of nitrogens with one attached hydrogen (secondary N) is 1. The zero-order valence-electron chi connectivity index (χ0n) is 13.5. The molecule has 0 fully saturated rings. The minimum absolute atomic E-state index is 0.0951. The lowest BCUT2D eigenvalue weighted by Gasteiger charge is -2.08. The standard InChI is InChI=1S/C18H19FN2O3/c1-3-16(15-10-13(19)7-8-17(15)22)20-21-18(23)11-24-14-6-4-5-12(2)9-14/h4-10,22H,3,11H2,1-2H3,(H,21,23)/b20-16+. The zero-order chi connectivity index (χ0) is 17.5. The van der Waals surface area contributed by atoms with Gasteiger partial charge >= 0.3 is 0 Å². The van der Waals surface area contributed by atoms with Crippen molar-refractivity contribution in [2.45, 2.75) is 20.3 Å². The lowest BCUT2D eigenvalue weighted by Crippen LogP contribution is -2.26. The number of hydrogen-bond donors (Lipinski definition) is 2. The average Bonchev–Trinajstić information content (AvgIpc) is 2.56. The molecule has 0 unspecified atom stereocenters. The van der Waals surface area contributed by atoms with Crippen LogP contribution in [0.1, 0.15) is 24.5 Å². The van der Waals surface area contributed by atoms with Crippen molar-refractivity contribution in [2.75, 3.05) is 6.61 Å². The van der Waals surface area contributed by atoms with Crippen molar-refractivity contribution in [1.82, 2.24) is 5.43 Å². The SMILES string of the molecule is CC/C(=N\NC(=O)COc1cccc(C)c1)c1cc(F)ccc1O. The number of carbonyl (C=O) groups excluding carboxylic acids is 1. The van der Waals surface area contributed by atoms with E-state index in [0.29, 0.717) is 17.9 Å². The van der Waals surface area contributed by atoms with Crippen LogP contribution in [0.3, 0.4) is 0 Å². The minimum Gasteiger partial charge on any atom is -0.507 e. The van der Waals surface area contributed by atoms with E-state index in [1.165, 1.54) is 12.1 Å². The smallest absolute Gasteiger partial charge is 0.277 e. The summed E-state index contributed by atoms with van der Waals surface area (Å²) in [5, 5.41) is 13.7. The van der Waals surface area contributed by atoms with Crippen molar-refractivity contribution in [3.63, 3.8) is 0 Å². The van der Waals surface area contributed by atoms with Crippen LogP contribution in [-0.4, -0.2) is 23.3 Å². The fourth-order valence-corrected chi connectivity index (χ4v) is 2.09. The van der Waals surface area contributed by atoms with Crippen LogP contribution < -0.4 is 10.2 Å². The van der Waals surface area contributed by atoms with Gasteiger partial charge in [-0.05, 0) is 49.2 Å². The Morgan fingerprint density at radius 3 is 2.79 bits per heavy atom. The van der Waals surface area contributed by atoms with E-state index in [1.54, 1.807) is 13.0 Å². The van der Waals surface area contributed by atoms with Crippen molar-refractivity contribution in [3.05, 3.63) is 59.4 Å². The van der Waals surface area contributed by atoms with Gasteiger partial charge in [0.1, 0.15) is 17.3 Å². The molecule has 2 aromatic carbocycles. The highest BCUT2D eigenvalue weighted by Gasteiger charge is 2.10. The van der Waals surface area contributed by atoms with Crippen LogP contribution in [0.5, 0.6) is 11.5 Å². The van der Waals surface area contributed by atoms with Crippen LogP contribution in [0.25, 0.3) is 0 Å². The van der Waals surface area contributed by atoms with Gasteiger partial charge in [-0.25, -0.2) is 9.82 Å². The Bertz CT molecular complexity index is 760. The third kappa shape index (κ3) is 4.81. The Morgan fingerprint density at radius 1 is 1.29 bits per heavy atom. The molecule has 2 rings (SSSR count). The molecular weight excluding hydrogens is 311 g/mol. The number of nitrogens with zero attached hydrogens (tertiary/aromatic N) is 1. The number of carbonyl (C=O) groups is 1. The Hall–Kier alpha value is -2.89. The first-order chi connectivity index (χ1) is 11.5. The van der Waals surface area contributed by atoms with Gasteiger partial charge in [-0.15, -0.1) is 0 Å². The normalized spacial score (nSPS) is 11.2. The van der Waals surface area contributed by atoms with Crippen LogP contribution in [-0.2, 0) is 4.79 Å². The second-order valence-corrected chi connectivity index (χ2v) is 5.21.